The third-order valence-corrected chi connectivity index (χ3v) is 3.69. The molecule has 2 aliphatic rings. The zero-order valence-corrected chi connectivity index (χ0v) is 14.5. The smallest absolute Gasteiger partial charge is 0.252 e. The predicted octanol–water partition coefficient (Wildman–Crippen LogP) is 4.97. The van der Waals surface area contributed by atoms with E-state index in [1.54, 1.807) is 0 Å². The maximum atomic E-state index is 5.98. The van der Waals surface area contributed by atoms with Gasteiger partial charge in [0.2, 0.25) is 0 Å². The molecule has 0 unspecified atom stereocenters. The molecule has 23 heavy (non-hydrogen) atoms. The van der Waals surface area contributed by atoms with Gasteiger partial charge in [0, 0.05) is 16.3 Å². The zero-order valence-electron chi connectivity index (χ0n) is 12.7. The third-order valence-electron chi connectivity index (χ3n) is 3.46. The Hall–Kier alpha value is -0.561. The summed E-state index contributed by atoms with van der Waals surface area (Å²) < 4.78 is 0. The first kappa shape index (κ1) is 18.8. The summed E-state index contributed by atoms with van der Waals surface area (Å²) in [5, 5.41) is 1.84. The Morgan fingerprint density at radius 3 is 2.04 bits per heavy atom. The quantitative estimate of drug-likeness (QED) is 0.654. The van der Waals surface area contributed by atoms with E-state index in [4.69, 9.17) is 16.6 Å². The fourth-order valence-electron chi connectivity index (χ4n) is 2.40. The number of hydrogen-bond donors (Lipinski definition) is 0. The van der Waals surface area contributed by atoms with Crippen LogP contribution in [0.3, 0.4) is 0 Å². The fraction of sp³-hybridized carbons (Fsp3) is 0.0500. The SMILES string of the molecule is Cc1cc2cc(Cl)ccc2nc1[C]1[CH][CH][CH][CH]1.[CH]1[CH][CH][CH][CH]1.[Fe+2]. The topological polar surface area (TPSA) is 12.9 Å². The van der Waals surface area contributed by atoms with Gasteiger partial charge in [0.05, 0.1) is 11.2 Å². The molecule has 0 amide bonds. The number of aryl methyl sites for hydroxylation is 1. The Bertz CT molecular complexity index is 623. The number of hydrogen-bond acceptors (Lipinski definition) is 1. The van der Waals surface area contributed by atoms with Crippen LogP contribution in [0.4, 0.5) is 0 Å². The average molecular weight is 362 g/mol. The third kappa shape index (κ3) is 4.95. The second-order valence-electron chi connectivity index (χ2n) is 5.13. The number of fused-ring (bicyclic) bond motifs is 1. The summed E-state index contributed by atoms with van der Waals surface area (Å²) in [4.78, 5) is 4.70. The van der Waals surface area contributed by atoms with Crippen molar-refractivity contribution in [1.29, 1.82) is 0 Å². The van der Waals surface area contributed by atoms with Gasteiger partial charge in [-0.15, -0.1) is 0 Å². The number of halogens is 1. The van der Waals surface area contributed by atoms with Crippen molar-refractivity contribution < 1.29 is 17.1 Å². The van der Waals surface area contributed by atoms with E-state index in [1.165, 1.54) is 11.5 Å². The predicted molar refractivity (Wildman–Crippen MR) is 92.5 cm³/mol. The van der Waals surface area contributed by atoms with E-state index in [9.17, 15) is 0 Å². The van der Waals surface area contributed by atoms with Gasteiger partial charge in [-0.1, -0.05) is 11.6 Å². The minimum atomic E-state index is 0. The molecule has 1 nitrogen and oxygen atoms in total. The fourth-order valence-corrected chi connectivity index (χ4v) is 2.58. The van der Waals surface area contributed by atoms with Crippen molar-refractivity contribution in [1.82, 2.24) is 4.98 Å². The molecule has 2 aliphatic carbocycles. The van der Waals surface area contributed by atoms with Gasteiger partial charge in [-0.05, 0) is 94.5 Å². The van der Waals surface area contributed by atoms with Crippen molar-refractivity contribution in [2.45, 2.75) is 6.92 Å². The molecule has 0 N–H and O–H groups in total. The summed E-state index contributed by atoms with van der Waals surface area (Å²) in [6.45, 7) is 2.08. The molecule has 114 valence electrons. The maximum absolute atomic E-state index is 5.98. The standard InChI is InChI=1S/C15H11ClN.C5H5.Fe/c1-10-8-12-9-13(16)6-7-14(12)17-15(10)11-4-2-3-5-11;1-2-4-5-3-1;/h2-9H,1H3;1-5H;/q;;+2. The van der Waals surface area contributed by atoms with Gasteiger partial charge in [0.25, 0.3) is 0 Å². The van der Waals surface area contributed by atoms with Crippen LogP contribution in [0.15, 0.2) is 24.3 Å². The van der Waals surface area contributed by atoms with Gasteiger partial charge in [-0.3, -0.25) is 4.98 Å². The van der Waals surface area contributed by atoms with Crippen LogP contribution in [-0.4, -0.2) is 4.98 Å². The van der Waals surface area contributed by atoms with Crippen molar-refractivity contribution >= 4 is 22.5 Å². The van der Waals surface area contributed by atoms with Gasteiger partial charge in [0.1, 0.15) is 0 Å². The van der Waals surface area contributed by atoms with Crippen molar-refractivity contribution in [2.24, 2.45) is 0 Å². The van der Waals surface area contributed by atoms with Crippen LogP contribution in [0, 0.1) is 70.6 Å². The van der Waals surface area contributed by atoms with Gasteiger partial charge >= 0.3 is 17.1 Å². The first-order valence-electron chi connectivity index (χ1n) is 7.20. The number of nitrogens with zero attached hydrogens (tertiary/aromatic N) is 1. The van der Waals surface area contributed by atoms with Crippen LogP contribution in [0.25, 0.3) is 10.9 Å². The normalized spacial score (nSPS) is 17.7. The van der Waals surface area contributed by atoms with Crippen molar-refractivity contribution in [3.8, 4) is 0 Å². The summed E-state index contributed by atoms with van der Waals surface area (Å²) in [6.07, 6.45) is 18.2. The minimum absolute atomic E-state index is 0. The number of benzene rings is 1. The number of rotatable bonds is 1. The van der Waals surface area contributed by atoms with Gasteiger partial charge in [-0.2, -0.15) is 0 Å². The number of aromatic nitrogens is 1. The maximum Gasteiger partial charge on any atom is 2.00 e. The first-order valence-corrected chi connectivity index (χ1v) is 7.57. The molecule has 2 saturated carbocycles. The first-order chi connectivity index (χ1) is 10.7. The Balaban J connectivity index is 0.000000276. The molecule has 0 bridgehead atoms. The Morgan fingerprint density at radius 1 is 0.826 bits per heavy atom. The van der Waals surface area contributed by atoms with E-state index in [0.29, 0.717) is 0 Å². The minimum Gasteiger partial charge on any atom is -0.252 e. The molecular formula is C20H16ClFeN+2. The van der Waals surface area contributed by atoms with Crippen molar-refractivity contribution in [3.63, 3.8) is 0 Å². The Labute approximate surface area is 155 Å². The summed E-state index contributed by atoms with van der Waals surface area (Å²) >= 11 is 5.98. The Kier molecular flexibility index (Phi) is 7.40. The monoisotopic (exact) mass is 361 g/mol. The van der Waals surface area contributed by atoms with E-state index in [-0.39, 0.29) is 17.1 Å². The molecule has 4 rings (SSSR count). The van der Waals surface area contributed by atoms with E-state index in [1.807, 2.05) is 63.1 Å². The largest absolute Gasteiger partial charge is 2.00 e. The molecular weight excluding hydrogens is 346 g/mol. The van der Waals surface area contributed by atoms with Crippen LogP contribution in [0.2, 0.25) is 5.02 Å². The second kappa shape index (κ2) is 9.06. The molecule has 2 aromatic rings. The zero-order chi connectivity index (χ0) is 15.4. The van der Waals surface area contributed by atoms with Crippen LogP contribution >= 0.6 is 11.6 Å². The van der Waals surface area contributed by atoms with E-state index in [2.05, 4.69) is 25.8 Å². The molecule has 1 aromatic carbocycles. The molecule has 1 aromatic heterocycles. The average Bonchev–Trinajstić information content (AvgIpc) is 3.22. The van der Waals surface area contributed by atoms with Gasteiger partial charge < -0.3 is 0 Å². The van der Waals surface area contributed by atoms with Crippen LogP contribution in [-0.2, 0) is 17.1 Å². The number of pyridine rings is 1. The van der Waals surface area contributed by atoms with E-state index >= 15 is 0 Å². The Morgan fingerprint density at radius 2 is 1.43 bits per heavy atom. The van der Waals surface area contributed by atoms with Crippen LogP contribution < -0.4 is 0 Å². The molecule has 10 radical (unpaired) electrons. The summed E-state index contributed by atoms with van der Waals surface area (Å²) in [7, 11) is 0. The molecule has 0 saturated heterocycles. The summed E-state index contributed by atoms with van der Waals surface area (Å²) in [5.41, 5.74) is 3.20. The molecule has 1 heterocycles. The van der Waals surface area contributed by atoms with Gasteiger partial charge in [-0.25, -0.2) is 0 Å². The van der Waals surface area contributed by atoms with Crippen LogP contribution in [0.1, 0.15) is 11.3 Å². The van der Waals surface area contributed by atoms with Crippen LogP contribution in [0.5, 0.6) is 0 Å². The molecule has 0 aliphatic heterocycles. The van der Waals surface area contributed by atoms with Crippen molar-refractivity contribution in [2.75, 3.05) is 0 Å². The molecule has 2 fully saturated rings. The molecule has 3 heteroatoms. The summed E-state index contributed by atoms with van der Waals surface area (Å²) in [5.74, 6) is 1.17. The van der Waals surface area contributed by atoms with Crippen molar-refractivity contribution in [3.05, 3.63) is 104 Å². The molecule has 0 spiro atoms. The van der Waals surface area contributed by atoms with E-state index < -0.39 is 0 Å². The second-order valence-corrected chi connectivity index (χ2v) is 5.56. The molecule has 0 atom stereocenters. The van der Waals surface area contributed by atoms with E-state index in [0.717, 1.165) is 21.6 Å². The summed E-state index contributed by atoms with van der Waals surface area (Å²) in [6, 6.07) is 7.92. The van der Waals surface area contributed by atoms with Gasteiger partial charge in [0.15, 0.2) is 0 Å².